The van der Waals surface area contributed by atoms with Crippen molar-refractivity contribution in [2.45, 2.75) is 13.0 Å². The Balaban J connectivity index is 1.64. The first kappa shape index (κ1) is 23.9. The van der Waals surface area contributed by atoms with E-state index in [1.807, 2.05) is 0 Å². The minimum atomic E-state index is -0.466. The molecule has 0 spiro atoms. The van der Waals surface area contributed by atoms with Gasteiger partial charge in [0.2, 0.25) is 5.91 Å². The van der Waals surface area contributed by atoms with E-state index in [1.54, 1.807) is 24.3 Å². The lowest BCUT2D eigenvalue weighted by Crippen LogP contribution is -2.19. The van der Waals surface area contributed by atoms with Gasteiger partial charge in [-0.2, -0.15) is 5.10 Å². The number of nitrogens with one attached hydrogen (secondary N) is 1. The van der Waals surface area contributed by atoms with Crippen molar-refractivity contribution in [1.82, 2.24) is 5.43 Å². The Hall–Kier alpha value is -3.79. The van der Waals surface area contributed by atoms with Gasteiger partial charge >= 0.3 is 0 Å². The van der Waals surface area contributed by atoms with E-state index in [-0.39, 0.29) is 30.4 Å². The van der Waals surface area contributed by atoms with Crippen LogP contribution in [0.15, 0.2) is 70.2 Å². The Bertz CT molecular complexity index is 1190. The standard InChI is InChI=1S/C23H19BrFN3O5/c1-32-21-11-17(13-26-27-22(29)12-15-5-7-18(25)8-6-15)10-20(24)23(21)33-14-16-3-2-4-19(9-16)28(30)31/h2-11,13H,12,14H2,1H3,(H,27,29)/b26-13+. The van der Waals surface area contributed by atoms with E-state index >= 15 is 0 Å². The van der Waals surface area contributed by atoms with E-state index < -0.39 is 4.92 Å². The van der Waals surface area contributed by atoms with Gasteiger partial charge in [0, 0.05) is 12.1 Å². The van der Waals surface area contributed by atoms with Gasteiger partial charge in [-0.25, -0.2) is 9.82 Å². The number of ether oxygens (including phenoxy) is 2. The van der Waals surface area contributed by atoms with Gasteiger partial charge in [-0.1, -0.05) is 24.3 Å². The highest BCUT2D eigenvalue weighted by molar-refractivity contribution is 9.10. The summed E-state index contributed by atoms with van der Waals surface area (Å²) in [6, 6.07) is 15.2. The number of hydrogen-bond acceptors (Lipinski definition) is 6. The average Bonchev–Trinajstić information content (AvgIpc) is 2.79. The van der Waals surface area contributed by atoms with E-state index in [0.717, 1.165) is 0 Å². The Morgan fingerprint density at radius 1 is 1.18 bits per heavy atom. The molecule has 0 bridgehead atoms. The van der Waals surface area contributed by atoms with Gasteiger partial charge in [0.15, 0.2) is 11.5 Å². The van der Waals surface area contributed by atoms with E-state index in [2.05, 4.69) is 26.5 Å². The maximum absolute atomic E-state index is 12.9. The number of non-ortho nitro benzene ring substituents is 1. The normalized spacial score (nSPS) is 10.8. The summed E-state index contributed by atoms with van der Waals surface area (Å²) in [5.74, 6) is 0.116. The number of halogens is 2. The molecule has 0 aromatic heterocycles. The molecular formula is C23H19BrFN3O5. The van der Waals surface area contributed by atoms with Crippen molar-refractivity contribution in [3.05, 3.63) is 97.8 Å². The van der Waals surface area contributed by atoms with Crippen molar-refractivity contribution in [3.8, 4) is 11.5 Å². The van der Waals surface area contributed by atoms with Crippen LogP contribution in [0.2, 0.25) is 0 Å². The van der Waals surface area contributed by atoms with Crippen molar-refractivity contribution in [1.29, 1.82) is 0 Å². The van der Waals surface area contributed by atoms with Crippen LogP contribution in [0.25, 0.3) is 0 Å². The van der Waals surface area contributed by atoms with Crippen molar-refractivity contribution in [3.63, 3.8) is 0 Å². The molecule has 1 N–H and O–H groups in total. The van der Waals surface area contributed by atoms with Gasteiger partial charge in [-0.3, -0.25) is 14.9 Å². The van der Waals surface area contributed by atoms with Gasteiger partial charge in [0.05, 0.1) is 29.1 Å². The number of nitro benzene ring substituents is 1. The van der Waals surface area contributed by atoms with Crippen LogP contribution in [0, 0.1) is 15.9 Å². The summed E-state index contributed by atoms with van der Waals surface area (Å²) in [7, 11) is 1.48. The fraction of sp³-hybridized carbons (Fsp3) is 0.130. The zero-order valence-electron chi connectivity index (χ0n) is 17.5. The van der Waals surface area contributed by atoms with Gasteiger partial charge in [-0.15, -0.1) is 0 Å². The molecule has 8 nitrogen and oxygen atoms in total. The molecule has 0 aliphatic carbocycles. The summed E-state index contributed by atoms with van der Waals surface area (Å²) >= 11 is 3.43. The quantitative estimate of drug-likeness (QED) is 0.251. The van der Waals surface area contributed by atoms with Crippen LogP contribution in [0.4, 0.5) is 10.1 Å². The maximum atomic E-state index is 12.9. The Morgan fingerprint density at radius 3 is 2.64 bits per heavy atom. The molecule has 0 atom stereocenters. The molecule has 0 heterocycles. The number of rotatable bonds is 9. The third kappa shape index (κ3) is 6.84. The number of hydrazone groups is 1. The molecule has 0 saturated carbocycles. The van der Waals surface area contributed by atoms with Crippen LogP contribution in [0.1, 0.15) is 16.7 Å². The van der Waals surface area contributed by atoms with Gasteiger partial charge in [-0.05, 0) is 56.9 Å². The van der Waals surface area contributed by atoms with E-state index in [1.165, 1.54) is 49.7 Å². The van der Waals surface area contributed by atoms with Gasteiger partial charge < -0.3 is 9.47 Å². The number of amides is 1. The smallest absolute Gasteiger partial charge is 0.269 e. The molecule has 0 fully saturated rings. The lowest BCUT2D eigenvalue weighted by Gasteiger charge is -2.13. The first-order chi connectivity index (χ1) is 15.9. The van der Waals surface area contributed by atoms with Crippen molar-refractivity contribution >= 4 is 33.7 Å². The Morgan fingerprint density at radius 2 is 1.94 bits per heavy atom. The monoisotopic (exact) mass is 515 g/mol. The second-order valence-corrected chi connectivity index (χ2v) is 7.70. The average molecular weight is 516 g/mol. The topological polar surface area (TPSA) is 103 Å². The van der Waals surface area contributed by atoms with Gasteiger partial charge in [0.25, 0.3) is 5.69 Å². The first-order valence-electron chi connectivity index (χ1n) is 9.65. The number of methoxy groups -OCH3 is 1. The highest BCUT2D eigenvalue weighted by Crippen LogP contribution is 2.37. The van der Waals surface area contributed by atoms with E-state index in [0.29, 0.717) is 32.7 Å². The molecule has 0 saturated heterocycles. The number of carbonyl (C=O) groups is 1. The number of benzene rings is 3. The molecule has 0 aliphatic rings. The summed E-state index contributed by atoms with van der Waals surface area (Å²) in [5.41, 5.74) is 4.33. The van der Waals surface area contributed by atoms with Crippen LogP contribution in [-0.2, 0) is 17.8 Å². The largest absolute Gasteiger partial charge is 0.493 e. The minimum absolute atomic E-state index is 0.0184. The third-order valence-corrected chi connectivity index (χ3v) is 5.03. The van der Waals surface area contributed by atoms with Crippen LogP contribution < -0.4 is 14.9 Å². The molecule has 3 rings (SSSR count). The molecule has 33 heavy (non-hydrogen) atoms. The molecule has 10 heteroatoms. The highest BCUT2D eigenvalue weighted by Gasteiger charge is 2.13. The lowest BCUT2D eigenvalue weighted by molar-refractivity contribution is -0.384. The predicted molar refractivity (Wildman–Crippen MR) is 124 cm³/mol. The van der Waals surface area contributed by atoms with Crippen molar-refractivity contribution in [2.24, 2.45) is 5.10 Å². The van der Waals surface area contributed by atoms with E-state index in [4.69, 9.17) is 9.47 Å². The van der Waals surface area contributed by atoms with E-state index in [9.17, 15) is 19.3 Å². The number of carbonyl (C=O) groups excluding carboxylic acids is 1. The highest BCUT2D eigenvalue weighted by atomic mass is 79.9. The fourth-order valence-electron chi connectivity index (χ4n) is 2.88. The van der Waals surface area contributed by atoms with Crippen molar-refractivity contribution < 1.29 is 23.6 Å². The van der Waals surface area contributed by atoms with Crippen molar-refractivity contribution in [2.75, 3.05) is 7.11 Å². The lowest BCUT2D eigenvalue weighted by atomic mass is 10.1. The molecule has 3 aromatic carbocycles. The molecular weight excluding hydrogens is 497 g/mol. The van der Waals surface area contributed by atoms with Gasteiger partial charge in [0.1, 0.15) is 12.4 Å². The predicted octanol–water partition coefficient (Wildman–Crippen LogP) is 4.78. The number of nitrogens with zero attached hydrogens (tertiary/aromatic N) is 2. The molecule has 0 unspecified atom stereocenters. The first-order valence-corrected chi connectivity index (χ1v) is 10.4. The third-order valence-electron chi connectivity index (χ3n) is 4.44. The Kier molecular flexibility index (Phi) is 8.09. The summed E-state index contributed by atoms with van der Waals surface area (Å²) in [6.45, 7) is 0.101. The zero-order chi connectivity index (χ0) is 23.8. The molecule has 170 valence electrons. The molecule has 0 aliphatic heterocycles. The summed E-state index contributed by atoms with van der Waals surface area (Å²) in [4.78, 5) is 22.5. The summed E-state index contributed by atoms with van der Waals surface area (Å²) < 4.78 is 24.7. The zero-order valence-corrected chi connectivity index (χ0v) is 19.0. The second-order valence-electron chi connectivity index (χ2n) is 6.85. The summed E-state index contributed by atoms with van der Waals surface area (Å²) in [5, 5.41) is 14.9. The SMILES string of the molecule is COc1cc(/C=N/NC(=O)Cc2ccc(F)cc2)cc(Br)c1OCc1cccc([N+](=O)[O-])c1. The molecule has 0 radical (unpaired) electrons. The fourth-order valence-corrected chi connectivity index (χ4v) is 3.45. The maximum Gasteiger partial charge on any atom is 0.269 e. The number of hydrogen-bond donors (Lipinski definition) is 1. The van der Waals surface area contributed by atoms with Crippen LogP contribution in [-0.4, -0.2) is 24.2 Å². The number of nitro groups is 1. The Labute approximate surface area is 197 Å². The molecule has 3 aromatic rings. The second kappa shape index (κ2) is 11.2. The van der Waals surface area contributed by atoms with Crippen LogP contribution in [0.5, 0.6) is 11.5 Å². The van der Waals surface area contributed by atoms with Crippen LogP contribution >= 0.6 is 15.9 Å². The molecule has 1 amide bonds. The van der Waals surface area contributed by atoms with Crippen LogP contribution in [0.3, 0.4) is 0 Å². The summed E-state index contributed by atoms with van der Waals surface area (Å²) in [6.07, 6.45) is 1.51. The minimum Gasteiger partial charge on any atom is -0.493 e.